The Bertz CT molecular complexity index is 1350. The first kappa shape index (κ1) is 26.1. The van der Waals surface area contributed by atoms with E-state index in [0.717, 1.165) is 38.2 Å². The molecule has 196 valence electrons. The molecule has 3 aromatic heterocycles. The van der Waals surface area contributed by atoms with Crippen molar-refractivity contribution in [2.45, 2.75) is 38.8 Å². The summed E-state index contributed by atoms with van der Waals surface area (Å²) in [5.74, 6) is 1.74. The third kappa shape index (κ3) is 5.72. The van der Waals surface area contributed by atoms with Crippen LogP contribution in [0, 0.1) is 0 Å². The van der Waals surface area contributed by atoms with Crippen LogP contribution in [0.15, 0.2) is 58.7 Å². The normalized spacial score (nSPS) is 15.5. The van der Waals surface area contributed by atoms with Gasteiger partial charge in [0.25, 0.3) is 5.56 Å². The van der Waals surface area contributed by atoms with Crippen molar-refractivity contribution in [1.82, 2.24) is 29.2 Å². The van der Waals surface area contributed by atoms with E-state index in [-0.39, 0.29) is 5.56 Å². The smallest absolute Gasteiger partial charge is 0.278 e. The van der Waals surface area contributed by atoms with E-state index in [0.29, 0.717) is 47.6 Å². The first-order chi connectivity index (χ1) is 18.0. The second-order valence-corrected chi connectivity index (χ2v) is 9.20. The minimum Gasteiger partial charge on any atom is -0.403 e. The minimum atomic E-state index is -0.212. The number of piperidine rings is 1. The number of nitrogens with one attached hydrogen (secondary N) is 1. The average Bonchev–Trinajstić information content (AvgIpc) is 3.19. The number of hydrogen-bond acceptors (Lipinski definition) is 9. The maximum absolute atomic E-state index is 13.3. The van der Waals surface area contributed by atoms with Crippen LogP contribution in [-0.4, -0.2) is 75.2 Å². The van der Waals surface area contributed by atoms with E-state index in [9.17, 15) is 4.79 Å². The largest absolute Gasteiger partial charge is 0.403 e. The molecule has 0 atom stereocenters. The van der Waals surface area contributed by atoms with Gasteiger partial charge in [0.05, 0.1) is 12.2 Å². The van der Waals surface area contributed by atoms with E-state index in [2.05, 4.69) is 57.7 Å². The van der Waals surface area contributed by atoms with Crippen molar-refractivity contribution in [3.63, 3.8) is 0 Å². The summed E-state index contributed by atoms with van der Waals surface area (Å²) in [7, 11) is 4.23. The van der Waals surface area contributed by atoms with Crippen molar-refractivity contribution in [1.29, 1.82) is 0 Å². The Balaban J connectivity index is 1.75. The number of nitrogens with two attached hydrogens (primary N) is 1. The predicted molar refractivity (Wildman–Crippen MR) is 150 cm³/mol. The number of aromatic nitrogens is 5. The van der Waals surface area contributed by atoms with Crippen molar-refractivity contribution in [2.75, 3.05) is 43.9 Å². The third-order valence-electron chi connectivity index (χ3n) is 6.53. The number of hydrogen-bond donors (Lipinski definition) is 2. The maximum Gasteiger partial charge on any atom is 0.278 e. The van der Waals surface area contributed by atoms with Crippen LogP contribution in [-0.2, 0) is 6.54 Å². The number of pyridine rings is 1. The van der Waals surface area contributed by atoms with Crippen LogP contribution in [0.4, 0.5) is 11.8 Å². The van der Waals surface area contributed by atoms with Gasteiger partial charge in [0, 0.05) is 38.2 Å². The third-order valence-corrected chi connectivity index (χ3v) is 6.53. The minimum absolute atomic E-state index is 0.212. The molecule has 0 saturated carbocycles. The molecule has 1 aliphatic heterocycles. The molecule has 1 fully saturated rings. The van der Waals surface area contributed by atoms with Crippen LogP contribution in [0.3, 0.4) is 0 Å². The fourth-order valence-electron chi connectivity index (χ4n) is 4.44. The van der Waals surface area contributed by atoms with Crippen LogP contribution in [0.5, 0.6) is 0 Å². The highest BCUT2D eigenvalue weighted by molar-refractivity contribution is 5.83. The number of aliphatic imine (C=N–C) groups is 1. The molecule has 4 heterocycles. The quantitative estimate of drug-likeness (QED) is 0.319. The lowest BCUT2D eigenvalue weighted by molar-refractivity contribution is 0.252. The van der Waals surface area contributed by atoms with E-state index in [1.54, 1.807) is 21.7 Å². The number of rotatable bonds is 10. The number of likely N-dealkylation sites (tertiary alicyclic amines) is 1. The SMILES string of the molecule is C=CCn1c(=O)c2cnc(N/C(C=NCCC)=C/N)nc2n1-c1cccc(N(C)C2CCN(C)CC2)n1. The number of anilines is 2. The molecule has 0 aromatic carbocycles. The van der Waals surface area contributed by atoms with Crippen LogP contribution in [0.2, 0.25) is 0 Å². The Morgan fingerprint density at radius 2 is 2.11 bits per heavy atom. The zero-order valence-corrected chi connectivity index (χ0v) is 21.8. The van der Waals surface area contributed by atoms with Crippen molar-refractivity contribution in [3.05, 3.63) is 59.3 Å². The van der Waals surface area contributed by atoms with E-state index in [4.69, 9.17) is 10.7 Å². The molecule has 11 heteroatoms. The molecule has 0 amide bonds. The van der Waals surface area contributed by atoms with Gasteiger partial charge in [0.2, 0.25) is 5.95 Å². The summed E-state index contributed by atoms with van der Waals surface area (Å²) >= 11 is 0. The number of allylic oxidation sites excluding steroid dienone is 2. The monoisotopic (exact) mass is 504 g/mol. The fraction of sp³-hybridized carbons (Fsp3) is 0.423. The highest BCUT2D eigenvalue weighted by atomic mass is 16.1. The van der Waals surface area contributed by atoms with Gasteiger partial charge in [-0.15, -0.1) is 6.58 Å². The second kappa shape index (κ2) is 11.8. The Hall–Kier alpha value is -3.99. The van der Waals surface area contributed by atoms with Gasteiger partial charge in [-0.2, -0.15) is 4.98 Å². The maximum atomic E-state index is 13.3. The summed E-state index contributed by atoms with van der Waals surface area (Å²) < 4.78 is 3.30. The van der Waals surface area contributed by atoms with E-state index < -0.39 is 0 Å². The molecular weight excluding hydrogens is 468 g/mol. The van der Waals surface area contributed by atoms with Crippen molar-refractivity contribution >= 4 is 29.0 Å². The lowest BCUT2D eigenvalue weighted by atomic mass is 10.0. The Morgan fingerprint density at radius 1 is 1.32 bits per heavy atom. The topological polar surface area (TPSA) is 122 Å². The highest BCUT2D eigenvalue weighted by Gasteiger charge is 2.23. The molecule has 1 aliphatic rings. The highest BCUT2D eigenvalue weighted by Crippen LogP contribution is 2.23. The van der Waals surface area contributed by atoms with Crippen LogP contribution in [0.25, 0.3) is 16.9 Å². The van der Waals surface area contributed by atoms with Crippen LogP contribution >= 0.6 is 0 Å². The first-order valence-electron chi connectivity index (χ1n) is 12.6. The molecule has 0 radical (unpaired) electrons. The van der Waals surface area contributed by atoms with Crippen molar-refractivity contribution < 1.29 is 0 Å². The van der Waals surface area contributed by atoms with Gasteiger partial charge in [-0.3, -0.25) is 9.79 Å². The fourth-order valence-corrected chi connectivity index (χ4v) is 4.44. The first-order valence-corrected chi connectivity index (χ1v) is 12.6. The Labute approximate surface area is 217 Å². The predicted octanol–water partition coefficient (Wildman–Crippen LogP) is 2.39. The molecule has 3 N–H and O–H groups in total. The standard InChI is InChI=1S/C26H36N10O/c1-5-12-28-17-19(16-27)30-26-29-18-21-24(32-26)36(35(13-6-2)25(21)37)23-9-7-8-22(31-23)34(4)20-10-14-33(3)15-11-20/h6-9,16-18,20H,2,5,10-15,27H2,1,3-4H3,(H,29,30,32)/b19-16+,28-17?. The molecule has 0 unspecified atom stereocenters. The van der Waals surface area contributed by atoms with Crippen LogP contribution < -0.4 is 21.5 Å². The van der Waals surface area contributed by atoms with Gasteiger partial charge >= 0.3 is 0 Å². The van der Waals surface area contributed by atoms with E-state index in [1.165, 1.54) is 12.4 Å². The van der Waals surface area contributed by atoms with Gasteiger partial charge in [0.1, 0.15) is 11.2 Å². The summed E-state index contributed by atoms with van der Waals surface area (Å²) in [5, 5.41) is 3.47. The summed E-state index contributed by atoms with van der Waals surface area (Å²) in [6, 6.07) is 6.24. The number of fused-ring (bicyclic) bond motifs is 1. The zero-order valence-electron chi connectivity index (χ0n) is 21.8. The molecule has 0 bridgehead atoms. The molecule has 3 aromatic rings. The Morgan fingerprint density at radius 3 is 2.81 bits per heavy atom. The summed E-state index contributed by atoms with van der Waals surface area (Å²) in [4.78, 5) is 36.1. The lowest BCUT2D eigenvalue weighted by Gasteiger charge is -2.35. The summed E-state index contributed by atoms with van der Waals surface area (Å²) in [5.41, 5.74) is 6.55. The van der Waals surface area contributed by atoms with Gasteiger partial charge in [-0.25, -0.2) is 19.3 Å². The Kier molecular flexibility index (Phi) is 8.34. The molecular formula is C26H36N10O. The molecule has 37 heavy (non-hydrogen) atoms. The second-order valence-electron chi connectivity index (χ2n) is 9.20. The van der Waals surface area contributed by atoms with Gasteiger partial charge in [-0.1, -0.05) is 19.1 Å². The molecule has 0 aliphatic carbocycles. The zero-order chi connectivity index (χ0) is 26.4. The van der Waals surface area contributed by atoms with Crippen LogP contribution in [0.1, 0.15) is 26.2 Å². The molecule has 1 saturated heterocycles. The van der Waals surface area contributed by atoms with Crippen molar-refractivity contribution in [2.24, 2.45) is 10.7 Å². The average molecular weight is 505 g/mol. The summed E-state index contributed by atoms with van der Waals surface area (Å²) in [6.45, 7) is 8.99. The van der Waals surface area contributed by atoms with E-state index in [1.807, 2.05) is 18.2 Å². The molecule has 0 spiro atoms. The lowest BCUT2D eigenvalue weighted by Crippen LogP contribution is -2.42. The van der Waals surface area contributed by atoms with Gasteiger partial charge < -0.3 is 20.9 Å². The van der Waals surface area contributed by atoms with Gasteiger partial charge in [-0.05, 0) is 51.5 Å². The number of nitrogens with zero attached hydrogens (tertiary/aromatic N) is 8. The molecule has 4 rings (SSSR count). The van der Waals surface area contributed by atoms with E-state index >= 15 is 0 Å². The van der Waals surface area contributed by atoms with Gasteiger partial charge in [0.15, 0.2) is 11.5 Å². The molecule has 11 nitrogen and oxygen atoms in total. The van der Waals surface area contributed by atoms with Crippen molar-refractivity contribution in [3.8, 4) is 5.82 Å². The summed E-state index contributed by atoms with van der Waals surface area (Å²) in [6.07, 6.45) is 9.34.